The second-order valence-electron chi connectivity index (χ2n) is 8.11. The zero-order valence-corrected chi connectivity index (χ0v) is 19.7. The Hall–Kier alpha value is -2.96. The Morgan fingerprint density at radius 2 is 1.91 bits per heavy atom. The molecular formula is C26H19BrN2O2S. The van der Waals surface area contributed by atoms with Gasteiger partial charge in [-0.2, -0.15) is 0 Å². The van der Waals surface area contributed by atoms with Crippen LogP contribution in [0.5, 0.6) is 0 Å². The Bertz CT molecular complexity index is 1570. The first-order valence-electron chi connectivity index (χ1n) is 10.5. The molecule has 1 aliphatic heterocycles. The van der Waals surface area contributed by atoms with Gasteiger partial charge < -0.3 is 4.42 Å². The van der Waals surface area contributed by atoms with Gasteiger partial charge in [-0.25, -0.2) is 4.99 Å². The molecule has 158 valence electrons. The van der Waals surface area contributed by atoms with E-state index in [4.69, 9.17) is 9.41 Å². The topological polar surface area (TPSA) is 47.5 Å². The zero-order valence-electron chi connectivity index (χ0n) is 17.3. The van der Waals surface area contributed by atoms with Crippen molar-refractivity contribution in [3.05, 3.63) is 119 Å². The van der Waals surface area contributed by atoms with Crippen molar-refractivity contribution in [3.63, 3.8) is 0 Å². The van der Waals surface area contributed by atoms with E-state index in [0.717, 1.165) is 39.1 Å². The van der Waals surface area contributed by atoms with E-state index in [0.29, 0.717) is 10.3 Å². The van der Waals surface area contributed by atoms with Crippen LogP contribution in [-0.4, -0.2) is 4.57 Å². The molecule has 2 aliphatic rings. The molecule has 4 aromatic rings. The Morgan fingerprint density at radius 3 is 2.69 bits per heavy atom. The maximum absolute atomic E-state index is 13.6. The van der Waals surface area contributed by atoms with Crippen molar-refractivity contribution < 1.29 is 4.42 Å². The minimum Gasteiger partial charge on any atom is -0.462 e. The maximum Gasteiger partial charge on any atom is 0.271 e. The van der Waals surface area contributed by atoms with Crippen LogP contribution >= 0.6 is 27.3 Å². The lowest BCUT2D eigenvalue weighted by molar-refractivity contribution is 0.524. The third kappa shape index (κ3) is 3.17. The lowest BCUT2D eigenvalue weighted by Crippen LogP contribution is -2.38. The van der Waals surface area contributed by atoms with Crippen molar-refractivity contribution in [1.29, 1.82) is 0 Å². The monoisotopic (exact) mass is 502 g/mol. The Morgan fingerprint density at radius 1 is 1.09 bits per heavy atom. The second-order valence-corrected chi connectivity index (χ2v) is 10.0. The van der Waals surface area contributed by atoms with Gasteiger partial charge in [-0.1, -0.05) is 63.7 Å². The van der Waals surface area contributed by atoms with Crippen molar-refractivity contribution in [2.75, 3.05) is 0 Å². The first-order chi connectivity index (χ1) is 15.6. The summed E-state index contributed by atoms with van der Waals surface area (Å²) in [4.78, 5) is 19.4. The molecule has 6 heteroatoms. The molecule has 0 saturated heterocycles. The number of benzene rings is 2. The summed E-state index contributed by atoms with van der Waals surface area (Å²) in [6, 6.07) is 20.4. The minimum atomic E-state index is -0.164. The molecule has 0 saturated carbocycles. The van der Waals surface area contributed by atoms with Crippen LogP contribution in [0.4, 0.5) is 0 Å². The van der Waals surface area contributed by atoms with Gasteiger partial charge in [-0.15, -0.1) is 0 Å². The number of aromatic nitrogens is 1. The standard InChI is InChI=1S/C26H19BrN2O2S/c1-15-6-12-19(31-15)14-22-25(30)29-24(17-7-10-18(27)11-8-17)21-13-9-16-4-2-3-5-20(16)23(21)28-26(29)32-22/h2-8,10-12,14,24H,9,13H2,1H3/b22-14-/t24-/m0/s1. The number of furan rings is 1. The van der Waals surface area contributed by atoms with Crippen molar-refractivity contribution in [2.24, 2.45) is 4.99 Å². The number of aryl methyl sites for hydroxylation is 2. The summed E-state index contributed by atoms with van der Waals surface area (Å²) in [5.41, 5.74) is 5.78. The molecule has 0 amide bonds. The number of nitrogens with zero attached hydrogens (tertiary/aromatic N) is 2. The van der Waals surface area contributed by atoms with Crippen LogP contribution in [-0.2, 0) is 6.42 Å². The van der Waals surface area contributed by atoms with Crippen molar-refractivity contribution in [2.45, 2.75) is 25.8 Å². The van der Waals surface area contributed by atoms with E-state index in [1.807, 2.05) is 41.8 Å². The average Bonchev–Trinajstić information content (AvgIpc) is 3.35. The first-order valence-corrected chi connectivity index (χ1v) is 12.1. The van der Waals surface area contributed by atoms with Crippen LogP contribution in [0.2, 0.25) is 0 Å². The average molecular weight is 503 g/mol. The molecule has 0 unspecified atom stereocenters. The predicted octanol–water partition coefficient (Wildman–Crippen LogP) is 4.98. The van der Waals surface area contributed by atoms with Crippen LogP contribution in [0, 0.1) is 6.92 Å². The van der Waals surface area contributed by atoms with E-state index < -0.39 is 0 Å². The summed E-state index contributed by atoms with van der Waals surface area (Å²) >= 11 is 4.96. The number of halogens is 1. The highest BCUT2D eigenvalue weighted by molar-refractivity contribution is 9.10. The molecule has 4 nitrogen and oxygen atoms in total. The smallest absolute Gasteiger partial charge is 0.271 e. The van der Waals surface area contributed by atoms with Crippen LogP contribution in [0.25, 0.3) is 11.8 Å². The molecule has 1 aliphatic carbocycles. The second kappa shape index (κ2) is 7.57. The Labute approximate surface area is 197 Å². The molecule has 0 fully saturated rings. The lowest BCUT2D eigenvalue weighted by Gasteiger charge is -2.30. The third-order valence-corrected chi connectivity index (χ3v) is 7.60. The number of fused-ring (bicyclic) bond motifs is 3. The molecule has 6 rings (SSSR count). The predicted molar refractivity (Wildman–Crippen MR) is 130 cm³/mol. The van der Waals surface area contributed by atoms with E-state index in [1.165, 1.54) is 28.0 Å². The number of allylic oxidation sites excluding steroid dienone is 1. The van der Waals surface area contributed by atoms with Crippen molar-refractivity contribution >= 4 is 39.0 Å². The van der Waals surface area contributed by atoms with Gasteiger partial charge >= 0.3 is 0 Å². The molecule has 1 atom stereocenters. The highest BCUT2D eigenvalue weighted by Gasteiger charge is 2.32. The van der Waals surface area contributed by atoms with E-state index in [9.17, 15) is 4.79 Å². The van der Waals surface area contributed by atoms with Gasteiger partial charge in [0.25, 0.3) is 5.56 Å². The summed E-state index contributed by atoms with van der Waals surface area (Å²) in [5.74, 6) is 1.51. The van der Waals surface area contributed by atoms with Gasteiger partial charge in [0.05, 0.1) is 16.3 Å². The summed E-state index contributed by atoms with van der Waals surface area (Å²) in [6.07, 6.45) is 3.66. The number of hydrogen-bond acceptors (Lipinski definition) is 4. The van der Waals surface area contributed by atoms with Crippen molar-refractivity contribution in [1.82, 2.24) is 4.57 Å². The summed E-state index contributed by atoms with van der Waals surface area (Å²) in [6.45, 7) is 1.90. The van der Waals surface area contributed by atoms with Gasteiger partial charge in [0.15, 0.2) is 4.80 Å². The van der Waals surface area contributed by atoms with E-state index in [1.54, 1.807) is 0 Å². The van der Waals surface area contributed by atoms with Crippen LogP contribution in [0.3, 0.4) is 0 Å². The van der Waals surface area contributed by atoms with Gasteiger partial charge in [0, 0.05) is 16.1 Å². The van der Waals surface area contributed by atoms with E-state index in [2.05, 4.69) is 52.3 Å². The van der Waals surface area contributed by atoms with E-state index >= 15 is 0 Å². The molecule has 32 heavy (non-hydrogen) atoms. The quantitative estimate of drug-likeness (QED) is 0.387. The highest BCUT2D eigenvalue weighted by atomic mass is 79.9. The fourth-order valence-electron chi connectivity index (χ4n) is 4.63. The molecule has 0 radical (unpaired) electrons. The van der Waals surface area contributed by atoms with Gasteiger partial charge in [-0.05, 0) is 60.7 Å². The van der Waals surface area contributed by atoms with Crippen LogP contribution in [0.15, 0.2) is 84.9 Å². The highest BCUT2D eigenvalue weighted by Crippen LogP contribution is 2.41. The van der Waals surface area contributed by atoms with Gasteiger partial charge in [-0.3, -0.25) is 9.36 Å². The minimum absolute atomic E-state index is 0.0267. The number of rotatable bonds is 2. The normalized spacial score (nSPS) is 17.6. The molecule has 0 N–H and O–H groups in total. The largest absolute Gasteiger partial charge is 0.462 e. The fraction of sp³-hybridized carbons (Fsp3) is 0.154. The molecular weight excluding hydrogens is 484 g/mol. The first kappa shape index (κ1) is 19.7. The summed E-state index contributed by atoms with van der Waals surface area (Å²) in [5, 5.41) is 0. The van der Waals surface area contributed by atoms with E-state index in [-0.39, 0.29) is 11.6 Å². The Balaban J connectivity index is 1.64. The van der Waals surface area contributed by atoms with Crippen LogP contribution < -0.4 is 14.9 Å². The summed E-state index contributed by atoms with van der Waals surface area (Å²) in [7, 11) is 0. The maximum atomic E-state index is 13.6. The lowest BCUT2D eigenvalue weighted by atomic mass is 9.83. The van der Waals surface area contributed by atoms with Crippen molar-refractivity contribution in [3.8, 4) is 0 Å². The van der Waals surface area contributed by atoms with Gasteiger partial charge in [0.2, 0.25) is 0 Å². The SMILES string of the molecule is Cc1ccc(/C=c2\sc3n(c2=O)[C@@H](c2ccc(Br)cc2)C2=C(N=3)c3ccccc3CC2)o1. The molecule has 0 spiro atoms. The molecule has 2 aromatic carbocycles. The van der Waals surface area contributed by atoms with Gasteiger partial charge in [0.1, 0.15) is 11.5 Å². The fourth-order valence-corrected chi connectivity index (χ4v) is 5.87. The Kier molecular flexibility index (Phi) is 4.66. The number of thiazole rings is 1. The summed E-state index contributed by atoms with van der Waals surface area (Å²) < 4.78 is 9.21. The zero-order chi connectivity index (χ0) is 21.8. The third-order valence-electron chi connectivity index (χ3n) is 6.09. The molecule has 2 aromatic heterocycles. The number of hydrogen-bond donors (Lipinski definition) is 0. The molecule has 3 heterocycles. The van der Waals surface area contributed by atoms with Crippen LogP contribution in [0.1, 0.15) is 40.7 Å². The molecule has 0 bridgehead atoms.